The number of nitrogens with two attached hydrogens (primary N) is 1. The molecule has 0 fully saturated rings. The number of rotatable bonds is 3. The van der Waals surface area contributed by atoms with E-state index in [0.717, 1.165) is 26.4 Å². The average Bonchev–Trinajstić information content (AvgIpc) is 2.68. The van der Waals surface area contributed by atoms with E-state index in [-0.39, 0.29) is 0 Å². The Hall–Kier alpha value is -0.960. The van der Waals surface area contributed by atoms with Gasteiger partial charge in [-0.3, -0.25) is 5.84 Å². The Labute approximate surface area is 131 Å². The van der Waals surface area contributed by atoms with Crippen molar-refractivity contribution >= 4 is 27.3 Å². The van der Waals surface area contributed by atoms with Crippen molar-refractivity contribution in [3.8, 4) is 0 Å². The first kappa shape index (κ1) is 16.4. The molecule has 2 nitrogen and oxygen atoms in total. The second-order valence-corrected chi connectivity index (χ2v) is 6.84. The van der Waals surface area contributed by atoms with Crippen LogP contribution in [0.25, 0.3) is 0 Å². The van der Waals surface area contributed by atoms with E-state index < -0.39 is 23.6 Å². The van der Waals surface area contributed by atoms with Gasteiger partial charge in [-0.25, -0.2) is 9.82 Å². The molecular formula is C13H11BrF4N2S. The van der Waals surface area contributed by atoms with Crippen LogP contribution in [0.5, 0.6) is 0 Å². The van der Waals surface area contributed by atoms with E-state index in [1.165, 1.54) is 17.4 Å². The van der Waals surface area contributed by atoms with Gasteiger partial charge >= 0.3 is 6.18 Å². The number of thiophene rings is 1. The minimum absolute atomic E-state index is 0.330. The second kappa shape index (κ2) is 6.04. The first-order valence-electron chi connectivity index (χ1n) is 5.82. The molecule has 8 heteroatoms. The molecule has 1 heterocycles. The summed E-state index contributed by atoms with van der Waals surface area (Å²) in [5.74, 6) is 4.15. The Kier molecular flexibility index (Phi) is 4.72. The quantitative estimate of drug-likeness (QED) is 0.464. The molecule has 0 spiro atoms. The SMILES string of the molecule is Cc1cc(C(NN)c2ccc(C(F)(F)F)c(F)c2)sc1Br. The largest absolute Gasteiger partial charge is 0.419 e. The topological polar surface area (TPSA) is 38.0 Å². The number of hydrazine groups is 1. The third-order valence-electron chi connectivity index (χ3n) is 2.96. The van der Waals surface area contributed by atoms with Crippen molar-refractivity contribution in [1.29, 1.82) is 0 Å². The zero-order valence-corrected chi connectivity index (χ0v) is 13.2. The van der Waals surface area contributed by atoms with Crippen LogP contribution in [-0.4, -0.2) is 0 Å². The summed E-state index contributed by atoms with van der Waals surface area (Å²) in [5, 5.41) is 0. The Bertz CT molecular complexity index is 635. The Morgan fingerprint density at radius 3 is 2.38 bits per heavy atom. The molecule has 0 aliphatic rings. The Morgan fingerprint density at radius 2 is 1.95 bits per heavy atom. The molecule has 2 aromatic rings. The van der Waals surface area contributed by atoms with E-state index >= 15 is 0 Å². The van der Waals surface area contributed by atoms with Gasteiger partial charge in [-0.1, -0.05) is 6.07 Å². The highest BCUT2D eigenvalue weighted by molar-refractivity contribution is 9.11. The van der Waals surface area contributed by atoms with Gasteiger partial charge in [-0.2, -0.15) is 13.2 Å². The maximum absolute atomic E-state index is 13.6. The van der Waals surface area contributed by atoms with E-state index in [9.17, 15) is 17.6 Å². The van der Waals surface area contributed by atoms with Crippen LogP contribution >= 0.6 is 27.3 Å². The standard InChI is InChI=1S/C13H11BrF4N2S/c1-6-4-10(21-12(6)14)11(20-19)7-2-3-8(9(15)5-7)13(16,17)18/h2-5,11,20H,19H2,1H3. The predicted molar refractivity (Wildman–Crippen MR) is 77.3 cm³/mol. The zero-order chi connectivity index (χ0) is 15.8. The number of hydrogen-bond acceptors (Lipinski definition) is 3. The maximum atomic E-state index is 13.6. The fraction of sp³-hybridized carbons (Fsp3) is 0.231. The summed E-state index contributed by atoms with van der Waals surface area (Å²) < 4.78 is 52.2. The molecule has 0 aliphatic carbocycles. The number of halogens is 5. The fourth-order valence-electron chi connectivity index (χ4n) is 1.91. The first-order chi connectivity index (χ1) is 9.74. The number of benzene rings is 1. The minimum atomic E-state index is -4.71. The smallest absolute Gasteiger partial charge is 0.271 e. The highest BCUT2D eigenvalue weighted by Gasteiger charge is 2.34. The summed E-state index contributed by atoms with van der Waals surface area (Å²) in [6.45, 7) is 1.88. The average molecular weight is 383 g/mol. The van der Waals surface area contributed by atoms with Crippen LogP contribution in [0.4, 0.5) is 17.6 Å². The third kappa shape index (κ3) is 3.45. The third-order valence-corrected chi connectivity index (χ3v) is 5.16. The van der Waals surface area contributed by atoms with E-state index in [4.69, 9.17) is 5.84 Å². The molecule has 0 bridgehead atoms. The molecule has 3 N–H and O–H groups in total. The summed E-state index contributed by atoms with van der Waals surface area (Å²) in [5.41, 5.74) is 2.52. The van der Waals surface area contributed by atoms with Crippen LogP contribution in [0.3, 0.4) is 0 Å². The van der Waals surface area contributed by atoms with Crippen LogP contribution in [0, 0.1) is 12.7 Å². The van der Waals surface area contributed by atoms with Gasteiger partial charge in [0.25, 0.3) is 0 Å². The lowest BCUT2D eigenvalue weighted by Gasteiger charge is -2.16. The van der Waals surface area contributed by atoms with Crippen molar-refractivity contribution < 1.29 is 17.6 Å². The van der Waals surface area contributed by atoms with Gasteiger partial charge in [0.15, 0.2) is 0 Å². The summed E-state index contributed by atoms with van der Waals surface area (Å²) >= 11 is 4.75. The molecule has 1 aromatic carbocycles. The zero-order valence-electron chi connectivity index (χ0n) is 10.8. The van der Waals surface area contributed by atoms with Crippen molar-refractivity contribution in [2.75, 3.05) is 0 Å². The molecule has 0 aliphatic heterocycles. The maximum Gasteiger partial charge on any atom is 0.419 e. The van der Waals surface area contributed by atoms with Crippen LogP contribution < -0.4 is 11.3 Å². The lowest BCUT2D eigenvalue weighted by atomic mass is 10.0. The summed E-state index contributed by atoms with van der Waals surface area (Å²) in [4.78, 5) is 0.779. The Balaban J connectivity index is 2.42. The molecule has 0 amide bonds. The lowest BCUT2D eigenvalue weighted by molar-refractivity contribution is -0.140. The predicted octanol–water partition coefficient (Wildman–Crippen LogP) is 4.53. The summed E-state index contributed by atoms with van der Waals surface area (Å²) in [6, 6.07) is 4.08. The number of nitrogens with one attached hydrogen (secondary N) is 1. The molecule has 1 aromatic heterocycles. The fourth-order valence-corrected chi connectivity index (χ4v) is 3.57. The molecule has 114 valence electrons. The molecule has 21 heavy (non-hydrogen) atoms. The molecule has 0 saturated carbocycles. The molecule has 2 rings (SSSR count). The highest BCUT2D eigenvalue weighted by Crippen LogP contribution is 2.36. The van der Waals surface area contributed by atoms with Gasteiger partial charge in [0.05, 0.1) is 15.4 Å². The molecular weight excluding hydrogens is 372 g/mol. The molecule has 0 radical (unpaired) electrons. The van der Waals surface area contributed by atoms with Gasteiger partial charge in [0.1, 0.15) is 5.82 Å². The van der Waals surface area contributed by atoms with Crippen LogP contribution in [0.15, 0.2) is 28.1 Å². The van der Waals surface area contributed by atoms with E-state index in [2.05, 4.69) is 21.4 Å². The number of alkyl halides is 3. The second-order valence-electron chi connectivity index (χ2n) is 4.44. The molecule has 1 atom stereocenters. The van der Waals surface area contributed by atoms with E-state index in [1.807, 2.05) is 13.0 Å². The van der Waals surface area contributed by atoms with Crippen molar-refractivity contribution in [2.45, 2.75) is 19.1 Å². The number of aryl methyl sites for hydroxylation is 1. The summed E-state index contributed by atoms with van der Waals surface area (Å²) in [6.07, 6.45) is -4.71. The lowest BCUT2D eigenvalue weighted by Crippen LogP contribution is -2.28. The van der Waals surface area contributed by atoms with Crippen LogP contribution in [0.2, 0.25) is 0 Å². The Morgan fingerprint density at radius 1 is 1.29 bits per heavy atom. The van der Waals surface area contributed by atoms with Gasteiger partial charge in [0, 0.05) is 4.88 Å². The molecule has 0 saturated heterocycles. The van der Waals surface area contributed by atoms with Crippen molar-refractivity contribution in [1.82, 2.24) is 5.43 Å². The van der Waals surface area contributed by atoms with Crippen LogP contribution in [0.1, 0.15) is 27.6 Å². The van der Waals surface area contributed by atoms with E-state index in [0.29, 0.717) is 5.56 Å². The van der Waals surface area contributed by atoms with Gasteiger partial charge in [-0.05, 0) is 52.2 Å². The highest BCUT2D eigenvalue weighted by atomic mass is 79.9. The van der Waals surface area contributed by atoms with Gasteiger partial charge in [-0.15, -0.1) is 11.3 Å². The van der Waals surface area contributed by atoms with Gasteiger partial charge in [0.2, 0.25) is 0 Å². The van der Waals surface area contributed by atoms with Gasteiger partial charge < -0.3 is 0 Å². The van der Waals surface area contributed by atoms with E-state index in [1.54, 1.807) is 0 Å². The van der Waals surface area contributed by atoms with Crippen molar-refractivity contribution in [3.05, 3.63) is 55.4 Å². The summed E-state index contributed by atoms with van der Waals surface area (Å²) in [7, 11) is 0. The van der Waals surface area contributed by atoms with Crippen LogP contribution in [-0.2, 0) is 6.18 Å². The van der Waals surface area contributed by atoms with Crippen molar-refractivity contribution in [2.24, 2.45) is 5.84 Å². The van der Waals surface area contributed by atoms with Crippen molar-refractivity contribution in [3.63, 3.8) is 0 Å². The first-order valence-corrected chi connectivity index (χ1v) is 7.43. The minimum Gasteiger partial charge on any atom is -0.271 e. The molecule has 1 unspecified atom stereocenters. The normalized spacial score (nSPS) is 13.5. The monoisotopic (exact) mass is 382 g/mol. The number of hydrogen-bond donors (Lipinski definition) is 2.